The van der Waals surface area contributed by atoms with Crippen molar-refractivity contribution in [3.05, 3.63) is 56.1 Å². The van der Waals surface area contributed by atoms with E-state index in [1.165, 1.54) is 19.2 Å². The number of halogens is 1. The fourth-order valence-corrected chi connectivity index (χ4v) is 3.71. The number of nitrogens with zero attached hydrogens (tertiary/aromatic N) is 1. The molecule has 0 heterocycles. The molecule has 2 aromatic rings. The maximum atomic E-state index is 12.5. The molecule has 116 valence electrons. The van der Waals surface area contributed by atoms with Gasteiger partial charge >= 0.3 is 0 Å². The fourth-order valence-electron chi connectivity index (χ4n) is 1.73. The van der Waals surface area contributed by atoms with Crippen molar-refractivity contribution in [1.82, 2.24) is 0 Å². The van der Waals surface area contributed by atoms with E-state index in [9.17, 15) is 18.5 Å². The number of nitro benzene ring substituents is 1. The van der Waals surface area contributed by atoms with Crippen molar-refractivity contribution in [2.45, 2.75) is 4.90 Å². The average Bonchev–Trinajstić information content (AvgIpc) is 2.48. The normalized spacial score (nSPS) is 11.0. The predicted molar refractivity (Wildman–Crippen MR) is 89.6 cm³/mol. The van der Waals surface area contributed by atoms with Gasteiger partial charge in [0.2, 0.25) is 0 Å². The zero-order valence-electron chi connectivity index (χ0n) is 11.3. The first-order valence-electron chi connectivity index (χ1n) is 5.95. The smallest absolute Gasteiger partial charge is 0.271 e. The zero-order valence-corrected chi connectivity index (χ0v) is 14.3. The summed E-state index contributed by atoms with van der Waals surface area (Å²) in [6.07, 6.45) is 0. The summed E-state index contributed by atoms with van der Waals surface area (Å²) in [5.41, 5.74) is 0.0561. The summed E-state index contributed by atoms with van der Waals surface area (Å²) in [5.74, 6) is 0.0315. The van der Waals surface area contributed by atoms with Crippen molar-refractivity contribution in [2.24, 2.45) is 0 Å². The minimum absolute atomic E-state index is 0.0315. The number of non-ortho nitro benzene ring substituents is 1. The van der Waals surface area contributed by atoms with Crippen LogP contribution in [0.5, 0.6) is 5.75 Å². The van der Waals surface area contributed by atoms with Gasteiger partial charge in [-0.2, -0.15) is 0 Å². The summed E-state index contributed by atoms with van der Waals surface area (Å²) in [7, 11) is -2.72. The minimum Gasteiger partial charge on any atom is -0.495 e. The predicted octanol–water partition coefficient (Wildman–Crippen LogP) is 3.01. The maximum Gasteiger partial charge on any atom is 0.271 e. The summed E-state index contributed by atoms with van der Waals surface area (Å²) >= 11 is 1.99. The molecule has 0 aliphatic rings. The van der Waals surface area contributed by atoms with Crippen molar-refractivity contribution in [3.8, 4) is 5.75 Å². The second-order valence-electron chi connectivity index (χ2n) is 4.18. The lowest BCUT2D eigenvalue weighted by molar-refractivity contribution is -0.385. The van der Waals surface area contributed by atoms with Crippen LogP contribution in [0, 0.1) is 13.7 Å². The van der Waals surface area contributed by atoms with Gasteiger partial charge in [0.15, 0.2) is 0 Å². The van der Waals surface area contributed by atoms with Gasteiger partial charge in [-0.15, -0.1) is 0 Å². The topological polar surface area (TPSA) is 98.5 Å². The van der Waals surface area contributed by atoms with Crippen molar-refractivity contribution >= 4 is 44.0 Å². The summed E-state index contributed by atoms with van der Waals surface area (Å²) in [6, 6.07) is 10.2. The second-order valence-corrected chi connectivity index (χ2v) is 6.99. The lowest BCUT2D eigenvalue weighted by Crippen LogP contribution is -2.15. The Labute approximate surface area is 140 Å². The van der Waals surface area contributed by atoms with Crippen molar-refractivity contribution in [3.63, 3.8) is 0 Å². The second kappa shape index (κ2) is 6.48. The van der Waals surface area contributed by atoms with Crippen molar-refractivity contribution in [2.75, 3.05) is 11.8 Å². The third-order valence-electron chi connectivity index (χ3n) is 2.77. The Bertz CT molecular complexity index is 823. The molecule has 0 saturated carbocycles. The molecule has 2 aromatic carbocycles. The zero-order chi connectivity index (χ0) is 16.3. The van der Waals surface area contributed by atoms with E-state index in [1.54, 1.807) is 24.3 Å². The van der Waals surface area contributed by atoms with Gasteiger partial charge in [0.1, 0.15) is 10.6 Å². The van der Waals surface area contributed by atoms with Gasteiger partial charge < -0.3 is 4.74 Å². The summed E-state index contributed by atoms with van der Waals surface area (Å²) in [4.78, 5) is 9.89. The van der Waals surface area contributed by atoms with E-state index in [0.29, 0.717) is 9.26 Å². The van der Waals surface area contributed by atoms with E-state index < -0.39 is 14.9 Å². The van der Waals surface area contributed by atoms with Crippen LogP contribution >= 0.6 is 22.6 Å². The highest BCUT2D eigenvalue weighted by molar-refractivity contribution is 14.1. The van der Waals surface area contributed by atoms with Crippen LogP contribution in [-0.2, 0) is 10.0 Å². The molecule has 0 amide bonds. The number of para-hydroxylation sites is 1. The van der Waals surface area contributed by atoms with Crippen LogP contribution in [0.4, 0.5) is 11.4 Å². The van der Waals surface area contributed by atoms with Gasteiger partial charge in [-0.05, 0) is 40.8 Å². The highest BCUT2D eigenvalue weighted by Gasteiger charge is 2.23. The lowest BCUT2D eigenvalue weighted by Gasteiger charge is -2.12. The van der Waals surface area contributed by atoms with E-state index in [2.05, 4.69) is 4.72 Å². The molecule has 0 saturated heterocycles. The molecular formula is C13H11IN2O5S. The fraction of sp³-hybridized carbons (Fsp3) is 0.0769. The quantitative estimate of drug-likeness (QED) is 0.443. The van der Waals surface area contributed by atoms with Gasteiger partial charge in [0.05, 0.1) is 17.7 Å². The number of nitrogens with one attached hydrogen (secondary N) is 1. The highest BCUT2D eigenvalue weighted by Crippen LogP contribution is 2.30. The molecule has 0 fully saturated rings. The Balaban J connectivity index is 2.51. The molecule has 0 spiro atoms. The number of benzene rings is 2. The number of ether oxygens (including phenoxy) is 1. The number of hydrogen-bond donors (Lipinski definition) is 1. The number of sulfonamides is 1. The summed E-state index contributed by atoms with van der Waals surface area (Å²) < 4.78 is 33.1. The molecule has 9 heteroatoms. The highest BCUT2D eigenvalue weighted by atomic mass is 127. The molecule has 22 heavy (non-hydrogen) atoms. The molecule has 0 aliphatic heterocycles. The third-order valence-corrected chi connectivity index (χ3v) is 5.09. The van der Waals surface area contributed by atoms with Gasteiger partial charge in [0, 0.05) is 15.7 Å². The Morgan fingerprint density at radius 3 is 2.50 bits per heavy atom. The Hall–Kier alpha value is -1.88. The first-order valence-corrected chi connectivity index (χ1v) is 8.51. The molecule has 0 unspecified atom stereocenters. The maximum absolute atomic E-state index is 12.5. The third kappa shape index (κ3) is 3.47. The molecule has 0 aromatic heterocycles. The van der Waals surface area contributed by atoms with E-state index in [0.717, 1.165) is 6.07 Å². The largest absolute Gasteiger partial charge is 0.495 e. The SMILES string of the molecule is COc1ccc([N+](=O)[O-])cc1S(=O)(=O)Nc1ccccc1I. The molecule has 2 rings (SSSR count). The molecular weight excluding hydrogens is 423 g/mol. The Kier molecular flexibility index (Phi) is 4.86. The Morgan fingerprint density at radius 2 is 1.91 bits per heavy atom. The van der Waals surface area contributed by atoms with Crippen LogP contribution < -0.4 is 9.46 Å². The van der Waals surface area contributed by atoms with E-state index in [1.807, 2.05) is 22.6 Å². The van der Waals surface area contributed by atoms with Crippen LogP contribution in [0.25, 0.3) is 0 Å². The average molecular weight is 434 g/mol. The minimum atomic E-state index is -4.02. The number of anilines is 1. The van der Waals surface area contributed by atoms with Gasteiger partial charge in [-0.25, -0.2) is 8.42 Å². The van der Waals surface area contributed by atoms with E-state index >= 15 is 0 Å². The van der Waals surface area contributed by atoms with Crippen molar-refractivity contribution < 1.29 is 18.1 Å². The van der Waals surface area contributed by atoms with Crippen LogP contribution in [0.3, 0.4) is 0 Å². The van der Waals surface area contributed by atoms with Crippen LogP contribution in [0.1, 0.15) is 0 Å². The standard InChI is InChI=1S/C13H11IN2O5S/c1-21-12-7-6-9(16(17)18)8-13(12)22(19,20)15-11-5-3-2-4-10(11)14/h2-8,15H,1H3. The van der Waals surface area contributed by atoms with Crippen LogP contribution in [-0.4, -0.2) is 20.5 Å². The molecule has 0 atom stereocenters. The number of methoxy groups -OCH3 is 1. The summed E-state index contributed by atoms with van der Waals surface area (Å²) in [5, 5.41) is 10.8. The lowest BCUT2D eigenvalue weighted by atomic mass is 10.3. The number of hydrogen-bond acceptors (Lipinski definition) is 5. The summed E-state index contributed by atoms with van der Waals surface area (Å²) in [6.45, 7) is 0. The van der Waals surface area contributed by atoms with Gasteiger partial charge in [-0.3, -0.25) is 14.8 Å². The van der Waals surface area contributed by atoms with Crippen LogP contribution in [0.15, 0.2) is 47.4 Å². The molecule has 1 N–H and O–H groups in total. The molecule has 7 nitrogen and oxygen atoms in total. The van der Waals surface area contributed by atoms with E-state index in [4.69, 9.17) is 4.74 Å². The first-order chi connectivity index (χ1) is 10.3. The molecule has 0 aliphatic carbocycles. The number of rotatable bonds is 5. The molecule has 0 radical (unpaired) electrons. The first kappa shape index (κ1) is 16.5. The van der Waals surface area contributed by atoms with Crippen molar-refractivity contribution in [1.29, 1.82) is 0 Å². The monoisotopic (exact) mass is 434 g/mol. The molecule has 0 bridgehead atoms. The number of nitro groups is 1. The Morgan fingerprint density at radius 1 is 1.23 bits per heavy atom. The van der Waals surface area contributed by atoms with Gasteiger partial charge in [0.25, 0.3) is 15.7 Å². The van der Waals surface area contributed by atoms with E-state index in [-0.39, 0.29) is 16.3 Å². The van der Waals surface area contributed by atoms with Crippen LogP contribution in [0.2, 0.25) is 0 Å². The van der Waals surface area contributed by atoms with Gasteiger partial charge in [-0.1, -0.05) is 12.1 Å².